The third-order valence-corrected chi connectivity index (χ3v) is 1.29. The van der Waals surface area contributed by atoms with Crippen molar-refractivity contribution in [1.29, 1.82) is 5.26 Å². The van der Waals surface area contributed by atoms with Gasteiger partial charge >= 0.3 is 6.18 Å². The van der Waals surface area contributed by atoms with Crippen LogP contribution in [0.2, 0.25) is 0 Å². The molecule has 0 bridgehead atoms. The van der Waals surface area contributed by atoms with E-state index in [4.69, 9.17) is 11.0 Å². The number of nitrogens with two attached hydrogens (primary N) is 1. The molecule has 0 unspecified atom stereocenters. The van der Waals surface area contributed by atoms with Gasteiger partial charge in [-0.2, -0.15) is 18.4 Å². The molecule has 0 atom stereocenters. The topological polar surface area (TPSA) is 49.8 Å². The molecule has 0 aromatic heterocycles. The van der Waals surface area contributed by atoms with E-state index in [1.165, 1.54) is 13.0 Å². The number of rotatable bonds is 2. The Morgan fingerprint density at radius 1 is 1.50 bits per heavy atom. The summed E-state index contributed by atoms with van der Waals surface area (Å²) in [7, 11) is 0. The van der Waals surface area contributed by atoms with E-state index in [9.17, 15) is 13.2 Å². The van der Waals surface area contributed by atoms with Crippen LogP contribution in [-0.4, -0.2) is 6.18 Å². The van der Waals surface area contributed by atoms with Crippen molar-refractivity contribution in [3.05, 3.63) is 35.6 Å². The van der Waals surface area contributed by atoms with Crippen molar-refractivity contribution >= 4 is 0 Å². The fraction of sp³-hybridized carbons (Fsp3) is 0.222. The molecule has 76 valence electrons. The second-order valence-corrected chi connectivity index (χ2v) is 2.53. The van der Waals surface area contributed by atoms with Gasteiger partial charge in [-0.05, 0) is 13.0 Å². The van der Waals surface area contributed by atoms with Crippen molar-refractivity contribution in [2.24, 2.45) is 5.73 Å². The molecule has 0 radical (unpaired) electrons. The number of hydrogen-bond acceptors (Lipinski definition) is 2. The van der Waals surface area contributed by atoms with Crippen LogP contribution < -0.4 is 5.73 Å². The van der Waals surface area contributed by atoms with Gasteiger partial charge in [0, 0.05) is 5.70 Å². The highest BCUT2D eigenvalue weighted by Gasteiger charge is 2.34. The predicted octanol–water partition coefficient (Wildman–Crippen LogP) is 2.42. The van der Waals surface area contributed by atoms with E-state index in [1.54, 1.807) is 0 Å². The Hall–Kier alpha value is -1.70. The molecule has 0 aliphatic rings. The Labute approximate surface area is 79.8 Å². The minimum atomic E-state index is -4.60. The Morgan fingerprint density at radius 2 is 2.00 bits per heavy atom. The van der Waals surface area contributed by atoms with Crippen molar-refractivity contribution < 1.29 is 13.2 Å². The van der Waals surface area contributed by atoms with Gasteiger partial charge in [0.2, 0.25) is 0 Å². The number of halogens is 3. The molecular formula is C9H9F3N2. The molecule has 0 saturated carbocycles. The van der Waals surface area contributed by atoms with Crippen molar-refractivity contribution in [2.75, 3.05) is 0 Å². The molecule has 14 heavy (non-hydrogen) atoms. The summed E-state index contributed by atoms with van der Waals surface area (Å²) in [5.74, 6) is 0. The summed E-state index contributed by atoms with van der Waals surface area (Å²) in [6.07, 6.45) is -3.04. The zero-order valence-corrected chi connectivity index (χ0v) is 7.52. The summed E-state index contributed by atoms with van der Waals surface area (Å²) in [6, 6.07) is 1.41. The van der Waals surface area contributed by atoms with Crippen LogP contribution >= 0.6 is 0 Å². The summed E-state index contributed by atoms with van der Waals surface area (Å²) >= 11 is 0. The molecule has 0 aromatic carbocycles. The van der Waals surface area contributed by atoms with Gasteiger partial charge in [0.05, 0.1) is 17.2 Å². The van der Waals surface area contributed by atoms with Crippen LogP contribution in [0.3, 0.4) is 0 Å². The number of alkyl halides is 3. The van der Waals surface area contributed by atoms with Crippen LogP contribution in [0.4, 0.5) is 13.2 Å². The molecule has 0 amide bonds. The highest BCUT2D eigenvalue weighted by molar-refractivity contribution is 5.44. The van der Waals surface area contributed by atoms with Crippen LogP contribution in [0.5, 0.6) is 0 Å². The maximum atomic E-state index is 12.3. The predicted molar refractivity (Wildman–Crippen MR) is 46.8 cm³/mol. The first-order valence-corrected chi connectivity index (χ1v) is 3.60. The van der Waals surface area contributed by atoms with Crippen molar-refractivity contribution in [3.63, 3.8) is 0 Å². The average molecular weight is 202 g/mol. The van der Waals surface area contributed by atoms with E-state index in [0.29, 0.717) is 6.08 Å². The molecular weight excluding hydrogens is 193 g/mol. The lowest BCUT2D eigenvalue weighted by molar-refractivity contribution is -0.0886. The van der Waals surface area contributed by atoms with E-state index < -0.39 is 17.3 Å². The van der Waals surface area contributed by atoms with Crippen LogP contribution in [0, 0.1) is 11.3 Å². The average Bonchev–Trinajstić information content (AvgIpc) is 2.02. The molecule has 0 aliphatic carbocycles. The molecule has 0 aromatic rings. The molecule has 0 heterocycles. The smallest absolute Gasteiger partial charge is 0.402 e. The highest BCUT2D eigenvalue weighted by Crippen LogP contribution is 2.29. The first kappa shape index (κ1) is 12.3. The van der Waals surface area contributed by atoms with Crippen molar-refractivity contribution in [2.45, 2.75) is 13.1 Å². The molecule has 2 N–H and O–H groups in total. The Balaban J connectivity index is 5.56. The number of allylic oxidation sites excluding steroid dienone is 5. The molecule has 0 rings (SSSR count). The van der Waals surface area contributed by atoms with Gasteiger partial charge in [0.1, 0.15) is 0 Å². The zero-order chi connectivity index (χ0) is 11.4. The maximum Gasteiger partial charge on any atom is 0.417 e. The summed E-state index contributed by atoms with van der Waals surface area (Å²) in [5, 5.41) is 8.42. The molecule has 5 heteroatoms. The van der Waals surface area contributed by atoms with E-state index in [-0.39, 0.29) is 5.70 Å². The third-order valence-electron chi connectivity index (χ3n) is 1.29. The molecule has 2 nitrogen and oxygen atoms in total. The quantitative estimate of drug-likeness (QED) is 0.552. The lowest BCUT2D eigenvalue weighted by Crippen LogP contribution is -2.13. The fourth-order valence-electron chi connectivity index (χ4n) is 0.756. The molecule has 0 fully saturated rings. The Kier molecular flexibility index (Phi) is 3.96. The molecule has 0 spiro atoms. The first-order chi connectivity index (χ1) is 6.32. The number of nitriles is 1. The SMILES string of the molecule is C=C/C(C#N)=C(\C=C(/C)N)C(F)(F)F. The van der Waals surface area contributed by atoms with Gasteiger partial charge < -0.3 is 5.73 Å². The van der Waals surface area contributed by atoms with Crippen LogP contribution in [0.15, 0.2) is 35.6 Å². The second-order valence-electron chi connectivity index (χ2n) is 2.53. The maximum absolute atomic E-state index is 12.3. The fourth-order valence-corrected chi connectivity index (χ4v) is 0.756. The van der Waals surface area contributed by atoms with Gasteiger partial charge in [-0.1, -0.05) is 12.7 Å². The van der Waals surface area contributed by atoms with Crippen LogP contribution in [0.1, 0.15) is 6.92 Å². The van der Waals surface area contributed by atoms with E-state index in [1.807, 2.05) is 0 Å². The van der Waals surface area contributed by atoms with Gasteiger partial charge in [-0.3, -0.25) is 0 Å². The zero-order valence-electron chi connectivity index (χ0n) is 7.52. The molecule has 0 saturated heterocycles. The van der Waals surface area contributed by atoms with E-state index in [2.05, 4.69) is 6.58 Å². The summed E-state index contributed by atoms with van der Waals surface area (Å²) in [6.45, 7) is 4.43. The lowest BCUT2D eigenvalue weighted by Gasteiger charge is -2.08. The second kappa shape index (κ2) is 4.51. The molecule has 0 aliphatic heterocycles. The minimum Gasteiger partial charge on any atom is -0.402 e. The van der Waals surface area contributed by atoms with Crippen molar-refractivity contribution in [3.8, 4) is 6.07 Å². The highest BCUT2D eigenvalue weighted by atomic mass is 19.4. The van der Waals surface area contributed by atoms with Crippen molar-refractivity contribution in [1.82, 2.24) is 0 Å². The van der Waals surface area contributed by atoms with Crippen LogP contribution in [0.25, 0.3) is 0 Å². The van der Waals surface area contributed by atoms with Gasteiger partial charge in [0.15, 0.2) is 0 Å². The first-order valence-electron chi connectivity index (χ1n) is 3.60. The number of hydrogen-bond donors (Lipinski definition) is 1. The van der Waals surface area contributed by atoms with E-state index in [0.717, 1.165) is 6.08 Å². The van der Waals surface area contributed by atoms with Gasteiger partial charge in [0.25, 0.3) is 0 Å². The van der Waals surface area contributed by atoms with Crippen LogP contribution in [-0.2, 0) is 0 Å². The Bertz CT molecular complexity index is 325. The number of nitrogens with zero attached hydrogens (tertiary/aromatic N) is 1. The largest absolute Gasteiger partial charge is 0.417 e. The monoisotopic (exact) mass is 202 g/mol. The van der Waals surface area contributed by atoms with E-state index >= 15 is 0 Å². The summed E-state index contributed by atoms with van der Waals surface area (Å²) in [4.78, 5) is 0. The Morgan fingerprint density at radius 3 is 2.21 bits per heavy atom. The lowest BCUT2D eigenvalue weighted by atomic mass is 10.1. The van der Waals surface area contributed by atoms with Gasteiger partial charge in [-0.15, -0.1) is 0 Å². The summed E-state index contributed by atoms with van der Waals surface area (Å²) < 4.78 is 37.0. The summed E-state index contributed by atoms with van der Waals surface area (Å²) in [5.41, 5.74) is 3.49. The van der Waals surface area contributed by atoms with Gasteiger partial charge in [-0.25, -0.2) is 0 Å². The standard InChI is InChI=1S/C9H9F3N2/c1-3-7(5-13)8(4-6(2)14)9(10,11)12/h3-4H,1,14H2,2H3/b6-4+,8-7-. The third kappa shape index (κ3) is 3.35. The normalized spacial score (nSPS) is 14.4. The minimum absolute atomic E-state index is 0.0214.